The summed E-state index contributed by atoms with van der Waals surface area (Å²) in [5.41, 5.74) is 2.39. The number of anilines is 1. The first-order chi connectivity index (χ1) is 14.7. The Morgan fingerprint density at radius 3 is 2.67 bits per heavy atom. The fourth-order valence-electron chi connectivity index (χ4n) is 3.59. The second-order valence-electron chi connectivity index (χ2n) is 7.34. The zero-order valence-electron chi connectivity index (χ0n) is 17.5. The summed E-state index contributed by atoms with van der Waals surface area (Å²) in [5.74, 6) is -0.0341. The highest BCUT2D eigenvalue weighted by Crippen LogP contribution is 2.34. The van der Waals surface area contributed by atoms with E-state index in [9.17, 15) is 4.79 Å². The molecule has 0 aliphatic carbocycles. The molecule has 30 heavy (non-hydrogen) atoms. The Balaban J connectivity index is 1.36. The minimum Gasteiger partial charge on any atom is -0.379 e. The highest BCUT2D eigenvalue weighted by Gasteiger charge is 2.16. The summed E-state index contributed by atoms with van der Waals surface area (Å²) in [6.07, 6.45) is 0. The molecular weight excluding hydrogens is 416 g/mol. The van der Waals surface area contributed by atoms with Gasteiger partial charge >= 0.3 is 0 Å². The summed E-state index contributed by atoms with van der Waals surface area (Å²) in [5, 5.41) is 4.09. The van der Waals surface area contributed by atoms with Crippen molar-refractivity contribution in [3.63, 3.8) is 0 Å². The zero-order valence-corrected chi connectivity index (χ0v) is 19.2. The molecule has 1 fully saturated rings. The van der Waals surface area contributed by atoms with Crippen molar-refractivity contribution in [1.82, 2.24) is 15.2 Å². The van der Waals surface area contributed by atoms with Gasteiger partial charge in [-0.05, 0) is 31.0 Å². The lowest BCUT2D eigenvalue weighted by atomic mass is 10.1. The second-order valence-corrected chi connectivity index (χ2v) is 9.38. The lowest BCUT2D eigenvalue weighted by Crippen LogP contribution is -2.35. The summed E-state index contributed by atoms with van der Waals surface area (Å²) < 4.78 is 6.50. The van der Waals surface area contributed by atoms with Crippen molar-refractivity contribution in [2.45, 2.75) is 26.9 Å². The predicted octanol–water partition coefficient (Wildman–Crippen LogP) is 3.97. The molecule has 3 aromatic rings. The molecule has 0 atom stereocenters. The number of carbonyl (C=O) groups excluding carboxylic acids is 1. The molecule has 6 nitrogen and oxygen atoms in total. The summed E-state index contributed by atoms with van der Waals surface area (Å²) in [7, 11) is 0. The topological polar surface area (TPSA) is 57.7 Å². The number of carbonyl (C=O) groups is 1. The number of amides is 1. The van der Waals surface area contributed by atoms with Crippen molar-refractivity contribution in [3.8, 4) is 0 Å². The Labute approximate surface area is 185 Å². The molecule has 4 rings (SSSR count). The number of morpholine rings is 1. The number of thiazole rings is 1. The van der Waals surface area contributed by atoms with E-state index < -0.39 is 0 Å². The minimum atomic E-state index is -0.0341. The van der Waals surface area contributed by atoms with Crippen LogP contribution in [0.2, 0.25) is 0 Å². The smallest absolute Gasteiger partial charge is 0.261 e. The third-order valence-corrected chi connectivity index (χ3v) is 7.51. The van der Waals surface area contributed by atoms with Crippen LogP contribution < -0.4 is 10.2 Å². The Morgan fingerprint density at radius 2 is 1.93 bits per heavy atom. The van der Waals surface area contributed by atoms with E-state index in [2.05, 4.69) is 53.2 Å². The summed E-state index contributed by atoms with van der Waals surface area (Å²) in [4.78, 5) is 23.7. The Bertz CT molecular complexity index is 959. The number of fused-ring (bicyclic) bond motifs is 1. The number of aromatic nitrogens is 1. The number of hydrogen-bond acceptors (Lipinski definition) is 7. The van der Waals surface area contributed by atoms with Gasteiger partial charge in [0.25, 0.3) is 5.91 Å². The van der Waals surface area contributed by atoms with Crippen LogP contribution in [-0.2, 0) is 17.8 Å². The standard InChI is InChI=1S/C22H28N4O2S2/c1-3-26(4-2)22-24-21-19(30-22)13-18(29-21)20(27)23-14-16-6-5-7-17(12-16)15-25-8-10-28-11-9-25/h5-7,12-13H,3-4,8-11,14-15H2,1-2H3,(H,23,27). The predicted molar refractivity (Wildman–Crippen MR) is 125 cm³/mol. The van der Waals surface area contributed by atoms with Gasteiger partial charge < -0.3 is 15.0 Å². The normalized spacial score (nSPS) is 14.9. The van der Waals surface area contributed by atoms with Gasteiger partial charge in [-0.15, -0.1) is 11.3 Å². The van der Waals surface area contributed by atoms with Crippen LogP contribution in [0.25, 0.3) is 9.53 Å². The Kier molecular flexibility index (Phi) is 6.99. The van der Waals surface area contributed by atoms with Gasteiger partial charge in [0.15, 0.2) is 5.13 Å². The highest BCUT2D eigenvalue weighted by molar-refractivity contribution is 7.29. The first-order valence-electron chi connectivity index (χ1n) is 10.5. The van der Waals surface area contributed by atoms with Crippen molar-refractivity contribution in [2.75, 3.05) is 44.3 Å². The molecule has 1 aromatic carbocycles. The average Bonchev–Trinajstić information content (AvgIpc) is 3.33. The van der Waals surface area contributed by atoms with Gasteiger partial charge in [0.2, 0.25) is 0 Å². The van der Waals surface area contributed by atoms with Gasteiger partial charge in [-0.3, -0.25) is 9.69 Å². The van der Waals surface area contributed by atoms with Gasteiger partial charge in [0.05, 0.1) is 22.8 Å². The maximum Gasteiger partial charge on any atom is 0.261 e. The van der Waals surface area contributed by atoms with Crippen LogP contribution in [0.3, 0.4) is 0 Å². The average molecular weight is 445 g/mol. The number of rotatable bonds is 8. The molecule has 8 heteroatoms. The molecule has 1 N–H and O–H groups in total. The van der Waals surface area contributed by atoms with Crippen molar-refractivity contribution < 1.29 is 9.53 Å². The minimum absolute atomic E-state index is 0.0341. The fourth-order valence-corrected chi connectivity index (χ4v) is 5.84. The van der Waals surface area contributed by atoms with Crippen LogP contribution >= 0.6 is 22.7 Å². The summed E-state index contributed by atoms with van der Waals surface area (Å²) in [6, 6.07) is 10.4. The molecule has 2 aromatic heterocycles. The first-order valence-corrected chi connectivity index (χ1v) is 12.1. The molecule has 0 spiro atoms. The second kappa shape index (κ2) is 9.87. The van der Waals surface area contributed by atoms with E-state index in [-0.39, 0.29) is 5.91 Å². The molecule has 1 saturated heterocycles. The third-order valence-electron chi connectivity index (χ3n) is 5.29. The van der Waals surface area contributed by atoms with Gasteiger partial charge in [0, 0.05) is 39.3 Å². The van der Waals surface area contributed by atoms with Crippen LogP contribution in [0.5, 0.6) is 0 Å². The molecule has 0 radical (unpaired) electrons. The molecule has 1 aliphatic rings. The Morgan fingerprint density at radius 1 is 1.17 bits per heavy atom. The highest BCUT2D eigenvalue weighted by atomic mass is 32.1. The van der Waals surface area contributed by atoms with E-state index in [1.165, 1.54) is 16.9 Å². The Hall–Kier alpha value is -2.00. The van der Waals surface area contributed by atoms with Crippen molar-refractivity contribution >= 4 is 43.2 Å². The van der Waals surface area contributed by atoms with Crippen LogP contribution in [-0.4, -0.2) is 55.2 Å². The van der Waals surface area contributed by atoms with E-state index >= 15 is 0 Å². The van der Waals surface area contributed by atoms with Gasteiger partial charge in [0.1, 0.15) is 4.83 Å². The molecule has 0 unspecified atom stereocenters. The van der Waals surface area contributed by atoms with Crippen LogP contribution in [0, 0.1) is 0 Å². The summed E-state index contributed by atoms with van der Waals surface area (Å²) in [6.45, 7) is 11.2. The summed E-state index contributed by atoms with van der Waals surface area (Å²) >= 11 is 3.13. The third kappa shape index (κ3) is 5.00. The van der Waals surface area contributed by atoms with Crippen LogP contribution in [0.4, 0.5) is 5.13 Å². The number of benzene rings is 1. The molecule has 1 amide bonds. The van der Waals surface area contributed by atoms with E-state index in [4.69, 9.17) is 9.72 Å². The van der Waals surface area contributed by atoms with E-state index in [0.29, 0.717) is 6.54 Å². The molecule has 3 heterocycles. The molecular formula is C22H28N4O2S2. The monoisotopic (exact) mass is 444 g/mol. The maximum atomic E-state index is 12.7. The number of nitrogens with zero attached hydrogens (tertiary/aromatic N) is 3. The van der Waals surface area contributed by atoms with E-state index in [1.54, 1.807) is 11.3 Å². The van der Waals surface area contributed by atoms with Crippen molar-refractivity contribution in [3.05, 3.63) is 46.3 Å². The quantitative estimate of drug-likeness (QED) is 0.570. The lowest BCUT2D eigenvalue weighted by Gasteiger charge is -2.26. The van der Waals surface area contributed by atoms with Crippen LogP contribution in [0.15, 0.2) is 30.3 Å². The van der Waals surface area contributed by atoms with Gasteiger partial charge in [-0.2, -0.15) is 0 Å². The number of nitrogens with one attached hydrogen (secondary N) is 1. The van der Waals surface area contributed by atoms with E-state index in [0.717, 1.165) is 71.0 Å². The number of ether oxygens (including phenoxy) is 1. The van der Waals surface area contributed by atoms with Crippen molar-refractivity contribution in [1.29, 1.82) is 0 Å². The fraction of sp³-hybridized carbons (Fsp3) is 0.455. The van der Waals surface area contributed by atoms with Crippen molar-refractivity contribution in [2.24, 2.45) is 0 Å². The number of hydrogen-bond donors (Lipinski definition) is 1. The zero-order chi connectivity index (χ0) is 20.9. The largest absolute Gasteiger partial charge is 0.379 e. The maximum absolute atomic E-state index is 12.7. The molecule has 160 valence electrons. The molecule has 0 saturated carbocycles. The number of thiophene rings is 1. The van der Waals surface area contributed by atoms with E-state index in [1.807, 2.05) is 6.07 Å². The molecule has 0 bridgehead atoms. The first kappa shape index (κ1) is 21.2. The SMILES string of the molecule is CCN(CC)c1nc2sc(C(=O)NCc3cccc(CN4CCOCC4)c3)cc2s1. The van der Waals surface area contributed by atoms with Gasteiger partial charge in [-0.1, -0.05) is 35.6 Å². The lowest BCUT2D eigenvalue weighted by molar-refractivity contribution is 0.0342. The van der Waals surface area contributed by atoms with Gasteiger partial charge in [-0.25, -0.2) is 4.98 Å². The molecule has 1 aliphatic heterocycles. The van der Waals surface area contributed by atoms with Crippen LogP contribution in [0.1, 0.15) is 34.6 Å².